The third-order valence-electron chi connectivity index (χ3n) is 2.46. The lowest BCUT2D eigenvalue weighted by Gasteiger charge is -2.31. The summed E-state index contributed by atoms with van der Waals surface area (Å²) < 4.78 is 0. The van der Waals surface area contributed by atoms with Crippen molar-refractivity contribution >= 4 is 5.82 Å². The summed E-state index contributed by atoms with van der Waals surface area (Å²) in [6, 6.07) is 3.31. The molecule has 0 spiro atoms. The number of piperidine rings is 1. The number of rotatable bonds is 1. The van der Waals surface area contributed by atoms with Gasteiger partial charge in [-0.25, -0.2) is 4.98 Å². The van der Waals surface area contributed by atoms with E-state index in [9.17, 15) is 10.2 Å². The van der Waals surface area contributed by atoms with Crippen molar-refractivity contribution in [3.05, 3.63) is 18.3 Å². The Morgan fingerprint density at radius 3 is 3.07 bits per heavy atom. The van der Waals surface area contributed by atoms with E-state index in [1.54, 1.807) is 18.3 Å². The molecule has 1 aliphatic heterocycles. The lowest BCUT2D eigenvalue weighted by atomic mass is 10.1. The van der Waals surface area contributed by atoms with E-state index in [4.69, 9.17) is 0 Å². The highest BCUT2D eigenvalue weighted by Gasteiger charge is 2.20. The van der Waals surface area contributed by atoms with E-state index in [2.05, 4.69) is 4.98 Å². The molecule has 14 heavy (non-hydrogen) atoms. The second-order valence-corrected chi connectivity index (χ2v) is 3.59. The fourth-order valence-electron chi connectivity index (χ4n) is 1.78. The fourth-order valence-corrected chi connectivity index (χ4v) is 1.78. The number of nitrogens with zero attached hydrogens (tertiary/aromatic N) is 2. The molecule has 0 saturated carbocycles. The molecule has 1 fully saturated rings. The maximum Gasteiger partial charge on any atom is 0.171 e. The Morgan fingerprint density at radius 1 is 1.50 bits per heavy atom. The van der Waals surface area contributed by atoms with Gasteiger partial charge >= 0.3 is 0 Å². The van der Waals surface area contributed by atoms with Crippen LogP contribution in [0.4, 0.5) is 5.82 Å². The molecule has 2 rings (SSSR count). The van der Waals surface area contributed by atoms with Crippen LogP contribution in [0.2, 0.25) is 0 Å². The highest BCUT2D eigenvalue weighted by molar-refractivity contribution is 5.51. The van der Waals surface area contributed by atoms with Gasteiger partial charge in [0.25, 0.3) is 0 Å². The molecule has 1 aromatic rings. The number of aromatic nitrogens is 1. The molecule has 76 valence electrons. The third-order valence-corrected chi connectivity index (χ3v) is 2.46. The highest BCUT2D eigenvalue weighted by Crippen LogP contribution is 2.26. The molecular formula is C10H14N2O2. The molecule has 2 N–H and O–H groups in total. The van der Waals surface area contributed by atoms with Crippen LogP contribution in [0.5, 0.6) is 5.75 Å². The number of pyridine rings is 1. The normalized spacial score (nSPS) is 22.4. The SMILES string of the molecule is Oc1cccnc1N1CCC[C@H](O)C1. The third kappa shape index (κ3) is 1.80. The Hall–Kier alpha value is -1.29. The van der Waals surface area contributed by atoms with E-state index < -0.39 is 0 Å². The zero-order valence-corrected chi connectivity index (χ0v) is 7.93. The molecule has 2 heterocycles. The molecule has 1 atom stereocenters. The smallest absolute Gasteiger partial charge is 0.171 e. The molecule has 4 heteroatoms. The van der Waals surface area contributed by atoms with E-state index >= 15 is 0 Å². The van der Waals surface area contributed by atoms with Gasteiger partial charge in [-0.15, -0.1) is 0 Å². The van der Waals surface area contributed by atoms with Crippen LogP contribution < -0.4 is 4.90 Å². The summed E-state index contributed by atoms with van der Waals surface area (Å²) in [5.41, 5.74) is 0. The van der Waals surface area contributed by atoms with Gasteiger partial charge in [0.05, 0.1) is 6.10 Å². The van der Waals surface area contributed by atoms with Gasteiger partial charge in [-0.2, -0.15) is 0 Å². The Balaban J connectivity index is 2.18. The Bertz CT molecular complexity index is 317. The molecule has 0 aromatic carbocycles. The molecular weight excluding hydrogens is 180 g/mol. The van der Waals surface area contributed by atoms with Crippen LogP contribution in [0.3, 0.4) is 0 Å². The quantitative estimate of drug-likeness (QED) is 0.692. The Kier molecular flexibility index (Phi) is 2.54. The average Bonchev–Trinajstić information content (AvgIpc) is 2.18. The largest absolute Gasteiger partial charge is 0.504 e. The van der Waals surface area contributed by atoms with E-state index in [-0.39, 0.29) is 11.9 Å². The van der Waals surface area contributed by atoms with E-state index in [1.807, 2.05) is 4.90 Å². The molecule has 1 saturated heterocycles. The topological polar surface area (TPSA) is 56.6 Å². The lowest BCUT2D eigenvalue weighted by molar-refractivity contribution is 0.153. The van der Waals surface area contributed by atoms with Gasteiger partial charge in [-0.1, -0.05) is 0 Å². The molecule has 0 bridgehead atoms. The zero-order chi connectivity index (χ0) is 9.97. The molecule has 0 radical (unpaired) electrons. The predicted molar refractivity (Wildman–Crippen MR) is 53.4 cm³/mol. The van der Waals surface area contributed by atoms with Crippen molar-refractivity contribution in [1.82, 2.24) is 4.98 Å². The number of aliphatic hydroxyl groups excluding tert-OH is 1. The molecule has 0 aliphatic carbocycles. The number of aromatic hydroxyl groups is 1. The van der Waals surface area contributed by atoms with Crippen molar-refractivity contribution in [3.8, 4) is 5.75 Å². The molecule has 0 amide bonds. The summed E-state index contributed by atoms with van der Waals surface area (Å²) >= 11 is 0. The van der Waals surface area contributed by atoms with Gasteiger partial charge < -0.3 is 15.1 Å². The summed E-state index contributed by atoms with van der Waals surface area (Å²) in [6.45, 7) is 1.41. The molecule has 0 unspecified atom stereocenters. The van der Waals surface area contributed by atoms with Crippen LogP contribution in [0.25, 0.3) is 0 Å². The Labute approximate surface area is 82.8 Å². The van der Waals surface area contributed by atoms with Gasteiger partial charge in [-0.3, -0.25) is 0 Å². The van der Waals surface area contributed by atoms with Crippen LogP contribution in [-0.2, 0) is 0 Å². The van der Waals surface area contributed by atoms with Crippen molar-refractivity contribution < 1.29 is 10.2 Å². The van der Waals surface area contributed by atoms with Crippen LogP contribution in [0, 0.1) is 0 Å². The predicted octanol–water partition coefficient (Wildman–Crippen LogP) is 0.748. The van der Waals surface area contributed by atoms with Gasteiger partial charge in [0.2, 0.25) is 0 Å². The standard InChI is InChI=1S/C10H14N2O2/c13-8-3-2-6-12(7-8)10-9(14)4-1-5-11-10/h1,4-5,8,13-14H,2-3,6-7H2/t8-/m0/s1. The van der Waals surface area contributed by atoms with Gasteiger partial charge in [0, 0.05) is 19.3 Å². The number of aliphatic hydroxyl groups is 1. The number of anilines is 1. The number of hydrogen-bond donors (Lipinski definition) is 2. The summed E-state index contributed by atoms with van der Waals surface area (Å²) in [6.07, 6.45) is 3.13. The van der Waals surface area contributed by atoms with Gasteiger partial charge in [-0.05, 0) is 25.0 Å². The monoisotopic (exact) mass is 194 g/mol. The minimum Gasteiger partial charge on any atom is -0.504 e. The second kappa shape index (κ2) is 3.84. The Morgan fingerprint density at radius 2 is 2.36 bits per heavy atom. The van der Waals surface area contributed by atoms with Gasteiger partial charge in [0.1, 0.15) is 0 Å². The first-order chi connectivity index (χ1) is 6.77. The van der Waals surface area contributed by atoms with Crippen LogP contribution in [0.15, 0.2) is 18.3 Å². The van der Waals surface area contributed by atoms with Crippen LogP contribution in [-0.4, -0.2) is 34.4 Å². The van der Waals surface area contributed by atoms with E-state index in [0.717, 1.165) is 19.4 Å². The minimum atomic E-state index is -0.301. The van der Waals surface area contributed by atoms with Crippen molar-refractivity contribution in [3.63, 3.8) is 0 Å². The van der Waals surface area contributed by atoms with Crippen LogP contribution in [0.1, 0.15) is 12.8 Å². The first kappa shape index (κ1) is 9.27. The van der Waals surface area contributed by atoms with E-state index in [0.29, 0.717) is 12.4 Å². The summed E-state index contributed by atoms with van der Waals surface area (Å²) in [4.78, 5) is 6.02. The summed E-state index contributed by atoms with van der Waals surface area (Å²) in [5.74, 6) is 0.757. The van der Waals surface area contributed by atoms with Crippen molar-refractivity contribution in [1.29, 1.82) is 0 Å². The van der Waals surface area contributed by atoms with E-state index in [1.165, 1.54) is 0 Å². The number of β-amino-alcohol motifs (C(OH)–C–C–N with tert-alkyl or cyclic N) is 1. The maximum absolute atomic E-state index is 9.56. The van der Waals surface area contributed by atoms with Crippen LogP contribution >= 0.6 is 0 Å². The first-order valence-electron chi connectivity index (χ1n) is 4.84. The molecule has 4 nitrogen and oxygen atoms in total. The second-order valence-electron chi connectivity index (χ2n) is 3.59. The zero-order valence-electron chi connectivity index (χ0n) is 7.93. The molecule has 1 aromatic heterocycles. The molecule has 1 aliphatic rings. The van der Waals surface area contributed by atoms with Crippen molar-refractivity contribution in [2.45, 2.75) is 18.9 Å². The van der Waals surface area contributed by atoms with Crippen molar-refractivity contribution in [2.24, 2.45) is 0 Å². The van der Waals surface area contributed by atoms with Gasteiger partial charge in [0.15, 0.2) is 11.6 Å². The first-order valence-corrected chi connectivity index (χ1v) is 4.84. The maximum atomic E-state index is 9.56. The minimum absolute atomic E-state index is 0.182. The fraction of sp³-hybridized carbons (Fsp3) is 0.500. The van der Waals surface area contributed by atoms with Crippen molar-refractivity contribution in [2.75, 3.05) is 18.0 Å². The number of hydrogen-bond acceptors (Lipinski definition) is 4. The lowest BCUT2D eigenvalue weighted by Crippen LogP contribution is -2.38. The average molecular weight is 194 g/mol. The summed E-state index contributed by atoms with van der Waals surface area (Å²) in [7, 11) is 0. The summed E-state index contributed by atoms with van der Waals surface area (Å²) in [5, 5.41) is 19.0. The highest BCUT2D eigenvalue weighted by atomic mass is 16.3.